The number of aromatic amines is 1. The molecule has 0 bridgehead atoms. The maximum Gasteiger partial charge on any atom is 0.333 e. The Labute approximate surface area is 171 Å². The number of hydrogen-bond donors (Lipinski definition) is 1. The number of hydrogen-bond acceptors (Lipinski definition) is 6. The van der Waals surface area contributed by atoms with Gasteiger partial charge in [0.05, 0.1) is 0 Å². The first-order valence-electron chi connectivity index (χ1n) is 8.90. The van der Waals surface area contributed by atoms with E-state index < -0.39 is 12.0 Å². The van der Waals surface area contributed by atoms with Gasteiger partial charge in [0.1, 0.15) is 34.4 Å². The molecule has 148 valence electrons. The van der Waals surface area contributed by atoms with E-state index in [1.807, 2.05) is 0 Å². The number of nitrogens with zero attached hydrogens (tertiary/aromatic N) is 2. The lowest BCUT2D eigenvalue weighted by Crippen LogP contribution is -2.31. The minimum Gasteiger partial charge on any atom is -0.460 e. The first-order chi connectivity index (χ1) is 13.8. The standard InChI is InChI=1S/C21H18ClN3O4/c1-11-17-18(23-24-20(17)26)15-10-14(8-9-16(15)28-11)29-21(27)19(25(2)3)12-4-6-13(22)7-5-12/h4-10,19H,1-3H3,(H,24,26). The van der Waals surface area contributed by atoms with Crippen LogP contribution in [0.4, 0.5) is 0 Å². The predicted octanol–water partition coefficient (Wildman–Crippen LogP) is 3.79. The molecule has 29 heavy (non-hydrogen) atoms. The molecule has 2 aliphatic heterocycles. The van der Waals surface area contributed by atoms with E-state index in [0.29, 0.717) is 38.8 Å². The molecular weight excluding hydrogens is 394 g/mol. The zero-order valence-corrected chi connectivity index (χ0v) is 16.8. The number of benzene rings is 2. The average Bonchev–Trinajstić information content (AvgIpc) is 3.06. The third-order valence-corrected chi connectivity index (χ3v) is 4.95. The maximum atomic E-state index is 12.9. The van der Waals surface area contributed by atoms with Gasteiger partial charge in [-0.3, -0.25) is 9.69 Å². The van der Waals surface area contributed by atoms with E-state index in [1.54, 1.807) is 68.4 Å². The van der Waals surface area contributed by atoms with Gasteiger partial charge in [-0.05, 0) is 56.9 Å². The zero-order chi connectivity index (χ0) is 20.7. The first-order valence-corrected chi connectivity index (χ1v) is 9.28. The Morgan fingerprint density at radius 1 is 1.21 bits per heavy atom. The van der Waals surface area contributed by atoms with E-state index in [9.17, 15) is 9.59 Å². The molecule has 0 fully saturated rings. The van der Waals surface area contributed by atoms with Crippen LogP contribution in [0.1, 0.15) is 17.4 Å². The molecule has 1 atom stereocenters. The van der Waals surface area contributed by atoms with E-state index in [0.717, 1.165) is 5.56 Å². The molecule has 1 unspecified atom stereocenters. The number of H-pyrrole nitrogens is 1. The van der Waals surface area contributed by atoms with Crippen LogP contribution in [0, 0.1) is 6.92 Å². The van der Waals surface area contributed by atoms with Gasteiger partial charge in [-0.1, -0.05) is 23.7 Å². The van der Waals surface area contributed by atoms with Gasteiger partial charge in [0.25, 0.3) is 5.56 Å². The highest BCUT2D eigenvalue weighted by Gasteiger charge is 2.26. The van der Waals surface area contributed by atoms with Crippen molar-refractivity contribution in [2.45, 2.75) is 13.0 Å². The molecule has 1 N–H and O–H groups in total. The number of ether oxygens (including phenoxy) is 1. The van der Waals surface area contributed by atoms with Gasteiger partial charge >= 0.3 is 5.97 Å². The Bertz CT molecular complexity index is 1230. The average molecular weight is 412 g/mol. The van der Waals surface area contributed by atoms with E-state index in [1.165, 1.54) is 0 Å². The predicted molar refractivity (Wildman–Crippen MR) is 110 cm³/mol. The summed E-state index contributed by atoms with van der Waals surface area (Å²) in [4.78, 5) is 26.6. The number of carbonyl (C=O) groups is 1. The normalized spacial score (nSPS) is 12.6. The second kappa shape index (κ2) is 7.35. The highest BCUT2D eigenvalue weighted by molar-refractivity contribution is 6.30. The Morgan fingerprint density at radius 2 is 1.93 bits per heavy atom. The molecule has 2 aromatic rings. The minimum atomic E-state index is -0.607. The van der Waals surface area contributed by atoms with Crippen molar-refractivity contribution in [2.24, 2.45) is 0 Å². The van der Waals surface area contributed by atoms with Crippen LogP contribution < -0.4 is 10.3 Å². The molecule has 0 aromatic heterocycles. The van der Waals surface area contributed by atoms with Gasteiger partial charge < -0.3 is 9.15 Å². The fourth-order valence-corrected chi connectivity index (χ4v) is 3.50. The Kier molecular flexibility index (Phi) is 4.86. The fraction of sp³-hybridized carbons (Fsp3) is 0.190. The topological polar surface area (TPSA) is 88.4 Å². The lowest BCUT2D eigenvalue weighted by molar-refractivity contribution is -0.139. The van der Waals surface area contributed by atoms with Crippen molar-refractivity contribution in [1.29, 1.82) is 0 Å². The number of halogens is 1. The van der Waals surface area contributed by atoms with Gasteiger partial charge in [-0.15, -0.1) is 0 Å². The maximum absolute atomic E-state index is 12.9. The van der Waals surface area contributed by atoms with Gasteiger partial charge in [-0.25, -0.2) is 9.89 Å². The van der Waals surface area contributed by atoms with E-state index in [2.05, 4.69) is 10.2 Å². The lowest BCUT2D eigenvalue weighted by Gasteiger charge is -2.23. The number of esters is 1. The second-order valence-corrected chi connectivity index (χ2v) is 7.37. The van der Waals surface area contributed by atoms with E-state index in [-0.39, 0.29) is 5.56 Å². The highest BCUT2D eigenvalue weighted by Crippen LogP contribution is 2.33. The Hall–Kier alpha value is -3.16. The fourth-order valence-electron chi connectivity index (χ4n) is 3.37. The van der Waals surface area contributed by atoms with Crippen molar-refractivity contribution in [1.82, 2.24) is 15.1 Å². The molecule has 0 spiro atoms. The molecule has 2 aromatic carbocycles. The van der Waals surface area contributed by atoms with Crippen LogP contribution in [-0.4, -0.2) is 35.2 Å². The quantitative estimate of drug-likeness (QED) is 0.406. The molecular formula is C21H18ClN3O4. The summed E-state index contributed by atoms with van der Waals surface area (Å²) >= 11 is 5.95. The number of aryl methyl sites for hydroxylation is 1. The summed E-state index contributed by atoms with van der Waals surface area (Å²) in [6, 6.07) is 11.4. The largest absolute Gasteiger partial charge is 0.460 e. The summed E-state index contributed by atoms with van der Waals surface area (Å²) in [5.41, 5.74) is 1.85. The minimum absolute atomic E-state index is 0.319. The van der Waals surface area contributed by atoms with Crippen LogP contribution >= 0.6 is 11.6 Å². The van der Waals surface area contributed by atoms with Crippen molar-refractivity contribution in [3.05, 3.63) is 69.2 Å². The SMILES string of the molecule is Cc1oc2ccc(OC(=O)C(c3ccc(Cl)cc3)N(C)C)cc2c2n[nH]c(=O)c1-2. The van der Waals surface area contributed by atoms with Gasteiger partial charge in [0.2, 0.25) is 0 Å². The van der Waals surface area contributed by atoms with Crippen molar-refractivity contribution < 1.29 is 13.9 Å². The third-order valence-electron chi connectivity index (χ3n) is 4.70. The van der Waals surface area contributed by atoms with Crippen molar-refractivity contribution >= 4 is 28.5 Å². The van der Waals surface area contributed by atoms with Gasteiger partial charge in [0, 0.05) is 10.4 Å². The number of likely N-dealkylation sites (N-methyl/N-ethyl adjacent to an activating group) is 1. The number of rotatable bonds is 4. The Balaban J connectivity index is 1.70. The summed E-state index contributed by atoms with van der Waals surface area (Å²) in [6.07, 6.45) is 0. The smallest absolute Gasteiger partial charge is 0.333 e. The summed E-state index contributed by atoms with van der Waals surface area (Å²) in [7, 11) is 3.59. The van der Waals surface area contributed by atoms with Crippen molar-refractivity contribution in [2.75, 3.05) is 14.1 Å². The molecule has 0 saturated heterocycles. The molecule has 8 heteroatoms. The van der Waals surface area contributed by atoms with Gasteiger partial charge in [0.15, 0.2) is 0 Å². The zero-order valence-electron chi connectivity index (χ0n) is 16.0. The molecule has 2 aliphatic rings. The molecule has 2 heterocycles. The van der Waals surface area contributed by atoms with Crippen LogP contribution in [0.5, 0.6) is 5.75 Å². The molecule has 7 nitrogen and oxygen atoms in total. The number of carbonyl (C=O) groups excluding carboxylic acids is 1. The molecule has 0 aliphatic carbocycles. The summed E-state index contributed by atoms with van der Waals surface area (Å²) in [6.45, 7) is 1.71. The van der Waals surface area contributed by atoms with Crippen LogP contribution in [-0.2, 0) is 4.79 Å². The summed E-state index contributed by atoms with van der Waals surface area (Å²) < 4.78 is 11.4. The Morgan fingerprint density at radius 3 is 2.62 bits per heavy atom. The number of fused-ring (bicyclic) bond motifs is 3. The third kappa shape index (κ3) is 3.50. The monoisotopic (exact) mass is 411 g/mol. The number of aromatic nitrogens is 2. The second-order valence-electron chi connectivity index (χ2n) is 6.93. The van der Waals surface area contributed by atoms with Crippen LogP contribution in [0.3, 0.4) is 0 Å². The van der Waals surface area contributed by atoms with E-state index in [4.69, 9.17) is 20.8 Å². The van der Waals surface area contributed by atoms with E-state index >= 15 is 0 Å². The summed E-state index contributed by atoms with van der Waals surface area (Å²) in [5.74, 6) is 0.369. The molecule has 0 saturated carbocycles. The molecule has 0 amide bonds. The van der Waals surface area contributed by atoms with Gasteiger partial charge in [-0.2, -0.15) is 5.10 Å². The summed E-state index contributed by atoms with van der Waals surface area (Å²) in [5, 5.41) is 7.70. The van der Waals surface area contributed by atoms with Crippen LogP contribution in [0.25, 0.3) is 22.2 Å². The van der Waals surface area contributed by atoms with Crippen molar-refractivity contribution in [3.8, 4) is 17.0 Å². The van der Waals surface area contributed by atoms with Crippen LogP contribution in [0.15, 0.2) is 51.7 Å². The lowest BCUT2D eigenvalue weighted by atomic mass is 10.1. The molecule has 4 rings (SSSR count). The highest BCUT2D eigenvalue weighted by atomic mass is 35.5. The van der Waals surface area contributed by atoms with Crippen molar-refractivity contribution in [3.63, 3.8) is 0 Å². The number of nitrogens with one attached hydrogen (secondary N) is 1. The first kappa shape index (κ1) is 19.2. The molecule has 0 radical (unpaired) electrons. The van der Waals surface area contributed by atoms with Crippen LogP contribution in [0.2, 0.25) is 5.02 Å².